The van der Waals surface area contributed by atoms with Crippen molar-refractivity contribution >= 4 is 44.5 Å². The predicted molar refractivity (Wildman–Crippen MR) is 119 cm³/mol. The minimum Gasteiger partial charge on any atom is -0.368 e. The second-order valence-electron chi connectivity index (χ2n) is 6.86. The van der Waals surface area contributed by atoms with Gasteiger partial charge in [0.05, 0.1) is 18.1 Å². The van der Waals surface area contributed by atoms with Crippen LogP contribution < -0.4 is 9.80 Å². The second kappa shape index (κ2) is 7.41. The van der Waals surface area contributed by atoms with E-state index in [1.165, 1.54) is 15.8 Å². The summed E-state index contributed by atoms with van der Waals surface area (Å²) in [6, 6.07) is 16.5. The Morgan fingerprint density at radius 1 is 0.857 bits per heavy atom. The van der Waals surface area contributed by atoms with Crippen LogP contribution in [0.5, 0.6) is 0 Å². The molecule has 2 aromatic carbocycles. The van der Waals surface area contributed by atoms with Crippen LogP contribution >= 0.6 is 22.9 Å². The van der Waals surface area contributed by atoms with Gasteiger partial charge in [0, 0.05) is 57.9 Å². The van der Waals surface area contributed by atoms with E-state index in [2.05, 4.69) is 56.6 Å². The maximum atomic E-state index is 6.01. The molecule has 1 fully saturated rings. The maximum Gasteiger partial charge on any atom is 0.147 e. The number of benzene rings is 2. The van der Waals surface area contributed by atoms with E-state index in [1.54, 1.807) is 11.3 Å². The number of anilines is 2. The lowest BCUT2D eigenvalue weighted by Crippen LogP contribution is -2.46. The Morgan fingerprint density at radius 3 is 2.43 bits per heavy atom. The first-order valence-corrected chi connectivity index (χ1v) is 10.6. The maximum absolute atomic E-state index is 6.01. The van der Waals surface area contributed by atoms with Gasteiger partial charge in [-0.2, -0.15) is 0 Å². The Bertz CT molecular complexity index is 1100. The molecule has 0 atom stereocenters. The molecule has 0 unspecified atom stereocenters. The molecule has 2 aromatic heterocycles. The summed E-state index contributed by atoms with van der Waals surface area (Å²) in [7, 11) is 0. The van der Waals surface area contributed by atoms with Crippen LogP contribution in [-0.4, -0.2) is 36.1 Å². The lowest BCUT2D eigenvalue weighted by atomic mass is 10.1. The molecule has 1 aliphatic heterocycles. The summed E-state index contributed by atoms with van der Waals surface area (Å²) < 4.78 is 1.28. The van der Waals surface area contributed by atoms with Gasteiger partial charge in [-0.05, 0) is 30.3 Å². The van der Waals surface area contributed by atoms with Crippen molar-refractivity contribution in [2.24, 2.45) is 0 Å². The van der Waals surface area contributed by atoms with Crippen molar-refractivity contribution < 1.29 is 0 Å². The molecule has 0 bridgehead atoms. The Kier molecular flexibility index (Phi) is 4.63. The van der Waals surface area contributed by atoms with E-state index in [4.69, 9.17) is 16.6 Å². The van der Waals surface area contributed by atoms with E-state index in [0.29, 0.717) is 0 Å². The average molecular weight is 407 g/mol. The van der Waals surface area contributed by atoms with Crippen molar-refractivity contribution in [3.63, 3.8) is 0 Å². The lowest BCUT2D eigenvalue weighted by Gasteiger charge is -2.36. The zero-order valence-corrected chi connectivity index (χ0v) is 16.8. The van der Waals surface area contributed by atoms with Crippen LogP contribution in [0.3, 0.4) is 0 Å². The number of halogens is 1. The number of thiophene rings is 1. The molecular weight excluding hydrogens is 388 g/mol. The van der Waals surface area contributed by atoms with Crippen molar-refractivity contribution in [2.45, 2.75) is 0 Å². The van der Waals surface area contributed by atoms with Gasteiger partial charge >= 0.3 is 0 Å². The van der Waals surface area contributed by atoms with Crippen molar-refractivity contribution in [3.05, 3.63) is 71.3 Å². The first-order chi connectivity index (χ1) is 13.8. The van der Waals surface area contributed by atoms with Gasteiger partial charge in [-0.3, -0.25) is 4.98 Å². The third-order valence-corrected chi connectivity index (χ3v) is 6.39. The third kappa shape index (κ3) is 3.32. The quantitative estimate of drug-likeness (QED) is 0.459. The normalized spacial score (nSPS) is 14.6. The summed E-state index contributed by atoms with van der Waals surface area (Å²) in [5, 5.41) is 4.19. The molecule has 28 heavy (non-hydrogen) atoms. The molecule has 0 aliphatic carbocycles. The molecule has 0 saturated carbocycles. The minimum absolute atomic E-state index is 0.774. The van der Waals surface area contributed by atoms with E-state index in [0.717, 1.165) is 48.3 Å². The van der Waals surface area contributed by atoms with E-state index in [-0.39, 0.29) is 0 Å². The first kappa shape index (κ1) is 17.5. The molecule has 6 heteroatoms. The Balaban J connectivity index is 1.35. The van der Waals surface area contributed by atoms with Gasteiger partial charge in [-0.1, -0.05) is 29.8 Å². The Labute approximate surface area is 173 Å². The SMILES string of the molecule is Clc1ccc(N2CCN(c3cncc(-c4csc5ccccc45)n3)CC2)cc1. The van der Waals surface area contributed by atoms with Crippen LogP contribution in [0.15, 0.2) is 66.3 Å². The van der Waals surface area contributed by atoms with Crippen LogP contribution in [0.25, 0.3) is 21.3 Å². The van der Waals surface area contributed by atoms with Crippen molar-refractivity contribution in [3.8, 4) is 11.3 Å². The van der Waals surface area contributed by atoms with Gasteiger partial charge in [0.25, 0.3) is 0 Å². The zero-order chi connectivity index (χ0) is 18.9. The fraction of sp³-hybridized carbons (Fsp3) is 0.182. The molecule has 1 aliphatic rings. The molecule has 0 radical (unpaired) electrons. The fourth-order valence-electron chi connectivity index (χ4n) is 3.66. The number of hydrogen-bond acceptors (Lipinski definition) is 5. The van der Waals surface area contributed by atoms with Crippen LogP contribution in [0.1, 0.15) is 0 Å². The molecule has 140 valence electrons. The summed E-state index contributed by atoms with van der Waals surface area (Å²) >= 11 is 7.76. The van der Waals surface area contributed by atoms with Crippen LogP contribution in [0.2, 0.25) is 5.02 Å². The van der Waals surface area contributed by atoms with Gasteiger partial charge in [0.15, 0.2) is 0 Å². The van der Waals surface area contributed by atoms with Gasteiger partial charge in [0.1, 0.15) is 5.82 Å². The number of piperazine rings is 1. The fourth-order valence-corrected chi connectivity index (χ4v) is 4.74. The molecule has 3 heterocycles. The Hall–Kier alpha value is -2.63. The van der Waals surface area contributed by atoms with Crippen LogP contribution in [0, 0.1) is 0 Å². The first-order valence-electron chi connectivity index (χ1n) is 9.32. The monoisotopic (exact) mass is 406 g/mol. The molecule has 4 nitrogen and oxygen atoms in total. The van der Waals surface area contributed by atoms with Crippen LogP contribution in [0.4, 0.5) is 11.5 Å². The van der Waals surface area contributed by atoms with E-state index in [9.17, 15) is 0 Å². The molecule has 0 amide bonds. The lowest BCUT2D eigenvalue weighted by molar-refractivity contribution is 0.646. The van der Waals surface area contributed by atoms with Gasteiger partial charge in [-0.15, -0.1) is 11.3 Å². The average Bonchev–Trinajstić information content (AvgIpc) is 3.19. The minimum atomic E-state index is 0.774. The smallest absolute Gasteiger partial charge is 0.147 e. The van der Waals surface area contributed by atoms with Crippen molar-refractivity contribution in [1.29, 1.82) is 0 Å². The second-order valence-corrected chi connectivity index (χ2v) is 8.21. The summed E-state index contributed by atoms with van der Waals surface area (Å²) in [4.78, 5) is 14.1. The summed E-state index contributed by atoms with van der Waals surface area (Å²) in [6.07, 6.45) is 3.73. The number of hydrogen-bond donors (Lipinski definition) is 0. The van der Waals surface area contributed by atoms with Crippen molar-refractivity contribution in [2.75, 3.05) is 36.0 Å². The zero-order valence-electron chi connectivity index (χ0n) is 15.3. The topological polar surface area (TPSA) is 32.3 Å². The number of nitrogens with zero attached hydrogens (tertiary/aromatic N) is 4. The Morgan fingerprint density at radius 2 is 1.61 bits per heavy atom. The summed E-state index contributed by atoms with van der Waals surface area (Å²) in [5.41, 5.74) is 3.32. The highest BCUT2D eigenvalue weighted by molar-refractivity contribution is 7.17. The molecule has 5 rings (SSSR count). The highest BCUT2D eigenvalue weighted by Crippen LogP contribution is 2.33. The van der Waals surface area contributed by atoms with E-state index < -0.39 is 0 Å². The number of aromatic nitrogens is 2. The summed E-state index contributed by atoms with van der Waals surface area (Å²) in [6.45, 7) is 3.75. The van der Waals surface area contributed by atoms with Crippen LogP contribution in [-0.2, 0) is 0 Å². The van der Waals surface area contributed by atoms with Gasteiger partial charge in [0.2, 0.25) is 0 Å². The molecule has 4 aromatic rings. The molecule has 0 spiro atoms. The largest absolute Gasteiger partial charge is 0.368 e. The summed E-state index contributed by atoms with van der Waals surface area (Å²) in [5.74, 6) is 0.948. The highest BCUT2D eigenvalue weighted by Gasteiger charge is 2.19. The number of fused-ring (bicyclic) bond motifs is 1. The predicted octanol–water partition coefficient (Wildman–Crippen LogP) is 5.34. The standard InChI is InChI=1S/C22H19ClN4S/c23-16-5-7-17(8-6-16)26-9-11-27(12-10-26)22-14-24-13-20(25-22)19-15-28-21-4-2-1-3-18(19)21/h1-8,13-15H,9-12H2. The molecule has 0 N–H and O–H groups in total. The van der Waals surface area contributed by atoms with E-state index >= 15 is 0 Å². The molecular formula is C22H19ClN4S. The number of rotatable bonds is 3. The van der Waals surface area contributed by atoms with E-state index in [1.807, 2.05) is 24.5 Å². The van der Waals surface area contributed by atoms with Gasteiger partial charge < -0.3 is 9.80 Å². The highest BCUT2D eigenvalue weighted by atomic mass is 35.5. The third-order valence-electron chi connectivity index (χ3n) is 5.17. The van der Waals surface area contributed by atoms with Crippen molar-refractivity contribution in [1.82, 2.24) is 9.97 Å². The van der Waals surface area contributed by atoms with Gasteiger partial charge in [-0.25, -0.2) is 4.98 Å². The molecule has 1 saturated heterocycles.